The zero-order valence-electron chi connectivity index (χ0n) is 23.1. The van der Waals surface area contributed by atoms with Crippen molar-refractivity contribution in [2.75, 3.05) is 33.7 Å². The van der Waals surface area contributed by atoms with E-state index in [4.69, 9.17) is 9.16 Å². The number of halogens is 1. The fourth-order valence-electron chi connectivity index (χ4n) is 4.32. The Morgan fingerprint density at radius 1 is 1.03 bits per heavy atom. The number of ether oxygens (including phenoxy) is 1. The van der Waals surface area contributed by atoms with E-state index in [-0.39, 0.29) is 6.54 Å². The molecule has 0 saturated heterocycles. The van der Waals surface area contributed by atoms with Crippen LogP contribution in [0.2, 0.25) is 16.6 Å². The number of benzene rings is 1. The van der Waals surface area contributed by atoms with Crippen LogP contribution in [0.5, 0.6) is 5.75 Å². The van der Waals surface area contributed by atoms with Crippen LogP contribution in [0.15, 0.2) is 18.2 Å². The van der Waals surface area contributed by atoms with E-state index >= 15 is 4.39 Å². The minimum Gasteiger partial charge on any atom is -0.541 e. The van der Waals surface area contributed by atoms with Gasteiger partial charge in [0, 0.05) is 18.7 Å². The van der Waals surface area contributed by atoms with Gasteiger partial charge in [0.05, 0.1) is 6.54 Å². The molecule has 0 saturated carbocycles. The third-order valence-electron chi connectivity index (χ3n) is 5.90. The highest BCUT2D eigenvalue weighted by atomic mass is 28.4. The van der Waals surface area contributed by atoms with Crippen LogP contribution >= 0.6 is 0 Å². The topological polar surface area (TPSA) is 42.0 Å². The summed E-state index contributed by atoms with van der Waals surface area (Å²) in [5, 5.41) is 0. The Morgan fingerprint density at radius 2 is 1.59 bits per heavy atom. The molecular weight excluding hydrogens is 447 g/mol. The maximum absolute atomic E-state index is 15.0. The van der Waals surface area contributed by atoms with Gasteiger partial charge >= 0.3 is 6.09 Å². The van der Waals surface area contributed by atoms with Gasteiger partial charge < -0.3 is 14.1 Å². The van der Waals surface area contributed by atoms with Gasteiger partial charge in [-0.15, -0.1) is 0 Å². The van der Waals surface area contributed by atoms with Crippen LogP contribution in [-0.4, -0.2) is 63.5 Å². The maximum atomic E-state index is 15.0. The molecule has 34 heavy (non-hydrogen) atoms. The van der Waals surface area contributed by atoms with E-state index in [0.29, 0.717) is 41.0 Å². The molecule has 1 aromatic carbocycles. The zero-order valence-corrected chi connectivity index (χ0v) is 24.1. The number of hydrogen-bond donors (Lipinski definition) is 0. The molecule has 0 bridgehead atoms. The fraction of sp³-hybridized carbons (Fsp3) is 0.667. The highest BCUT2D eigenvalue weighted by molar-refractivity contribution is 6.78. The number of hydrogen-bond acceptors (Lipinski definition) is 4. The molecule has 0 radical (unpaired) electrons. The summed E-state index contributed by atoms with van der Waals surface area (Å²) in [7, 11) is 1.64. The van der Waals surface area contributed by atoms with Gasteiger partial charge in [-0.2, -0.15) is 0 Å². The van der Waals surface area contributed by atoms with E-state index in [1.807, 2.05) is 39.8 Å². The molecule has 0 spiro atoms. The Balaban J connectivity index is 3.06. The summed E-state index contributed by atoms with van der Waals surface area (Å²) in [6, 6.07) is 4.88. The molecular formula is C27H45FN2O3Si. The molecule has 0 aromatic heterocycles. The first-order valence-electron chi connectivity index (χ1n) is 12.2. The van der Waals surface area contributed by atoms with E-state index < -0.39 is 25.8 Å². The Hall–Kier alpha value is -2.04. The second kappa shape index (κ2) is 12.6. The zero-order chi connectivity index (χ0) is 26.3. The van der Waals surface area contributed by atoms with Gasteiger partial charge in [0.1, 0.15) is 11.4 Å². The van der Waals surface area contributed by atoms with Crippen molar-refractivity contribution in [2.45, 2.75) is 84.5 Å². The minimum atomic E-state index is -2.25. The SMILES string of the molecule is CC(C)[Si](Oc1ccc(C#CCN(CCN(C)C)C(=O)OC(C)(C)C)cc1F)(C(C)C)C(C)C. The fourth-order valence-corrected chi connectivity index (χ4v) is 9.58. The summed E-state index contributed by atoms with van der Waals surface area (Å²) < 4.78 is 27.0. The van der Waals surface area contributed by atoms with Crippen LogP contribution in [0.4, 0.5) is 9.18 Å². The van der Waals surface area contributed by atoms with E-state index in [9.17, 15) is 4.79 Å². The smallest absolute Gasteiger partial charge is 0.411 e. The highest BCUT2D eigenvalue weighted by Gasteiger charge is 2.47. The van der Waals surface area contributed by atoms with Crippen molar-refractivity contribution in [3.63, 3.8) is 0 Å². The van der Waals surface area contributed by atoms with E-state index in [1.165, 1.54) is 6.07 Å². The summed E-state index contributed by atoms with van der Waals surface area (Å²) in [4.78, 5) is 16.1. The molecule has 0 aliphatic heterocycles. The Bertz CT molecular complexity index is 845. The largest absolute Gasteiger partial charge is 0.541 e. The van der Waals surface area contributed by atoms with Crippen molar-refractivity contribution in [1.29, 1.82) is 0 Å². The molecule has 0 atom stereocenters. The Kier molecular flexibility index (Phi) is 11.1. The molecule has 7 heteroatoms. The van der Waals surface area contributed by atoms with E-state index in [1.54, 1.807) is 17.0 Å². The highest BCUT2D eigenvalue weighted by Crippen LogP contribution is 2.43. The summed E-state index contributed by atoms with van der Waals surface area (Å²) in [5.41, 5.74) is 1.03. The van der Waals surface area contributed by atoms with Crippen molar-refractivity contribution < 1.29 is 18.3 Å². The van der Waals surface area contributed by atoms with Gasteiger partial charge in [-0.3, -0.25) is 4.90 Å². The number of nitrogens with zero attached hydrogens (tertiary/aromatic N) is 2. The van der Waals surface area contributed by atoms with Gasteiger partial charge in [0.2, 0.25) is 0 Å². The summed E-state index contributed by atoms with van der Waals surface area (Å²) >= 11 is 0. The molecule has 5 nitrogen and oxygen atoms in total. The van der Waals surface area contributed by atoms with Crippen LogP contribution in [0, 0.1) is 17.7 Å². The second-order valence-corrected chi connectivity index (χ2v) is 16.4. The average Bonchev–Trinajstić information content (AvgIpc) is 2.67. The molecule has 0 heterocycles. The van der Waals surface area contributed by atoms with Gasteiger partial charge in [-0.05, 0) is 69.7 Å². The van der Waals surface area contributed by atoms with Gasteiger partial charge in [-0.25, -0.2) is 9.18 Å². The molecule has 1 aromatic rings. The molecule has 1 amide bonds. The second-order valence-electron chi connectivity index (χ2n) is 11.1. The lowest BCUT2D eigenvalue weighted by atomic mass is 10.2. The molecule has 0 aliphatic carbocycles. The first kappa shape index (κ1) is 30.0. The van der Waals surface area contributed by atoms with Crippen molar-refractivity contribution in [3.8, 4) is 17.6 Å². The lowest BCUT2D eigenvalue weighted by Crippen LogP contribution is -2.50. The van der Waals surface area contributed by atoms with E-state index in [2.05, 4.69) is 53.4 Å². The van der Waals surface area contributed by atoms with Crippen molar-refractivity contribution in [3.05, 3.63) is 29.6 Å². The lowest BCUT2D eigenvalue weighted by Gasteiger charge is -2.42. The molecule has 1 rings (SSSR count). The summed E-state index contributed by atoms with van der Waals surface area (Å²) in [6.07, 6.45) is -0.407. The molecule has 0 aliphatic rings. The van der Waals surface area contributed by atoms with Crippen LogP contribution in [0.3, 0.4) is 0 Å². The monoisotopic (exact) mass is 492 g/mol. The predicted molar refractivity (Wildman–Crippen MR) is 141 cm³/mol. The maximum Gasteiger partial charge on any atom is 0.411 e. The third kappa shape index (κ3) is 8.63. The molecule has 0 fully saturated rings. The normalized spacial score (nSPS) is 12.2. The standard InChI is InChI=1S/C27H45FN2O3Si/c1-20(2)34(21(3)4,22(5)6)33-25-15-14-23(19-24(25)28)13-12-16-30(18-17-29(10)11)26(31)32-27(7,8)9/h14-15,19-22H,16-18H2,1-11H3. The number of rotatable bonds is 9. The number of likely N-dealkylation sites (N-methyl/N-ethyl adjacent to an activating group) is 1. The van der Waals surface area contributed by atoms with Gasteiger partial charge in [0.15, 0.2) is 5.82 Å². The molecule has 0 N–H and O–H groups in total. The average molecular weight is 493 g/mol. The first-order valence-corrected chi connectivity index (χ1v) is 14.3. The van der Waals surface area contributed by atoms with Gasteiger partial charge in [-0.1, -0.05) is 53.4 Å². The number of carbonyl (C=O) groups is 1. The van der Waals surface area contributed by atoms with E-state index in [0.717, 1.165) is 0 Å². The van der Waals surface area contributed by atoms with Crippen molar-refractivity contribution in [1.82, 2.24) is 9.80 Å². The quantitative estimate of drug-likeness (QED) is 0.290. The van der Waals surface area contributed by atoms with Crippen molar-refractivity contribution >= 4 is 14.4 Å². The first-order chi connectivity index (χ1) is 15.6. The number of carbonyl (C=O) groups excluding carboxylic acids is 1. The third-order valence-corrected chi connectivity index (χ3v) is 11.9. The van der Waals surface area contributed by atoms with Crippen molar-refractivity contribution in [2.24, 2.45) is 0 Å². The summed E-state index contributed by atoms with van der Waals surface area (Å²) in [6.45, 7) is 20.0. The predicted octanol–water partition coefficient (Wildman–Crippen LogP) is 6.53. The number of amides is 1. The van der Waals surface area contributed by atoms with Crippen LogP contribution in [-0.2, 0) is 4.74 Å². The molecule has 0 unspecified atom stereocenters. The Morgan fingerprint density at radius 3 is 2.03 bits per heavy atom. The molecule has 192 valence electrons. The van der Waals surface area contributed by atoms with Crippen LogP contribution < -0.4 is 4.43 Å². The summed E-state index contributed by atoms with van der Waals surface area (Å²) in [5.74, 6) is 5.88. The Labute approximate surface area is 208 Å². The lowest BCUT2D eigenvalue weighted by molar-refractivity contribution is 0.0266. The minimum absolute atomic E-state index is 0.201. The van der Waals surface area contributed by atoms with Crippen LogP contribution in [0.25, 0.3) is 0 Å². The van der Waals surface area contributed by atoms with Gasteiger partial charge in [0.25, 0.3) is 8.32 Å². The van der Waals surface area contributed by atoms with Crippen LogP contribution in [0.1, 0.15) is 67.9 Å².